The maximum Gasteiger partial charge on any atom is 0.222 e. The van der Waals surface area contributed by atoms with E-state index in [0.29, 0.717) is 31.9 Å². The third-order valence-corrected chi connectivity index (χ3v) is 4.30. The summed E-state index contributed by atoms with van der Waals surface area (Å²) in [6, 6.07) is 0. The first-order valence-electron chi connectivity index (χ1n) is 8.18. The topological polar surface area (TPSA) is 80.3 Å². The van der Waals surface area contributed by atoms with Crippen LogP contribution in [0, 0.1) is 0 Å². The van der Waals surface area contributed by atoms with Gasteiger partial charge in [0.25, 0.3) is 0 Å². The summed E-state index contributed by atoms with van der Waals surface area (Å²) in [5.74, 6) is 1.67. The van der Waals surface area contributed by atoms with Gasteiger partial charge in [-0.3, -0.25) is 9.89 Å². The van der Waals surface area contributed by atoms with Crippen molar-refractivity contribution < 1.29 is 14.3 Å². The number of hydrogen-bond donors (Lipinski definition) is 1. The number of ether oxygens (including phenoxy) is 2. The normalized spacial score (nSPS) is 25.6. The number of aryl methyl sites for hydroxylation is 1. The zero-order chi connectivity index (χ0) is 15.4. The van der Waals surface area contributed by atoms with Gasteiger partial charge in [0.05, 0.1) is 19.3 Å². The first kappa shape index (κ1) is 15.4. The van der Waals surface area contributed by atoms with Crippen molar-refractivity contribution in [1.29, 1.82) is 0 Å². The van der Waals surface area contributed by atoms with E-state index in [1.165, 1.54) is 0 Å². The van der Waals surface area contributed by atoms with Gasteiger partial charge in [-0.2, -0.15) is 5.10 Å². The van der Waals surface area contributed by atoms with Crippen LogP contribution in [0.2, 0.25) is 0 Å². The van der Waals surface area contributed by atoms with E-state index in [4.69, 9.17) is 9.47 Å². The molecule has 3 rings (SSSR count). The minimum Gasteiger partial charge on any atom is -0.378 e. The fourth-order valence-electron chi connectivity index (χ4n) is 2.96. The number of aromatic nitrogens is 3. The fraction of sp³-hybridized carbons (Fsp3) is 0.800. The van der Waals surface area contributed by atoms with Crippen molar-refractivity contribution >= 4 is 5.91 Å². The molecular formula is C15H24N4O3. The Morgan fingerprint density at radius 2 is 2.32 bits per heavy atom. The molecule has 0 bridgehead atoms. The number of carbonyl (C=O) groups is 1. The van der Waals surface area contributed by atoms with Gasteiger partial charge in [0.2, 0.25) is 5.91 Å². The van der Waals surface area contributed by atoms with Crippen LogP contribution in [0.25, 0.3) is 0 Å². The maximum absolute atomic E-state index is 12.4. The van der Waals surface area contributed by atoms with E-state index in [1.807, 2.05) is 11.8 Å². The second kappa shape index (κ2) is 7.19. The van der Waals surface area contributed by atoms with Crippen molar-refractivity contribution in [3.05, 3.63) is 11.6 Å². The number of nitrogens with one attached hydrogen (secondary N) is 1. The van der Waals surface area contributed by atoms with Gasteiger partial charge in [-0.05, 0) is 19.3 Å². The Morgan fingerprint density at radius 1 is 1.41 bits per heavy atom. The van der Waals surface area contributed by atoms with Gasteiger partial charge in [-0.1, -0.05) is 6.92 Å². The second-order valence-corrected chi connectivity index (χ2v) is 5.87. The lowest BCUT2D eigenvalue weighted by Crippen LogP contribution is -2.42. The Morgan fingerprint density at radius 3 is 3.05 bits per heavy atom. The maximum atomic E-state index is 12.4. The molecule has 1 N–H and O–H groups in total. The summed E-state index contributed by atoms with van der Waals surface area (Å²) in [7, 11) is 0. The van der Waals surface area contributed by atoms with Gasteiger partial charge in [0.15, 0.2) is 5.82 Å². The molecule has 0 aromatic carbocycles. The molecule has 0 aliphatic carbocycles. The highest BCUT2D eigenvalue weighted by Crippen LogP contribution is 2.21. The van der Waals surface area contributed by atoms with E-state index in [2.05, 4.69) is 15.2 Å². The van der Waals surface area contributed by atoms with Crippen LogP contribution in [-0.4, -0.2) is 58.4 Å². The molecule has 1 aromatic heterocycles. The summed E-state index contributed by atoms with van der Waals surface area (Å²) in [4.78, 5) is 18.6. The predicted molar refractivity (Wildman–Crippen MR) is 79.2 cm³/mol. The third-order valence-electron chi connectivity index (χ3n) is 4.30. The monoisotopic (exact) mass is 308 g/mol. The van der Waals surface area contributed by atoms with Crippen molar-refractivity contribution in [3.8, 4) is 0 Å². The molecule has 0 radical (unpaired) electrons. The first-order chi connectivity index (χ1) is 10.8. The molecule has 2 aliphatic rings. The lowest BCUT2D eigenvalue weighted by Gasteiger charge is -2.32. The molecule has 0 spiro atoms. The minimum atomic E-state index is -0.225. The van der Waals surface area contributed by atoms with Crippen LogP contribution in [0.3, 0.4) is 0 Å². The number of morpholine rings is 1. The van der Waals surface area contributed by atoms with E-state index in [-0.39, 0.29) is 18.1 Å². The number of amides is 1. The van der Waals surface area contributed by atoms with E-state index in [0.717, 1.165) is 38.1 Å². The zero-order valence-corrected chi connectivity index (χ0v) is 13.1. The van der Waals surface area contributed by atoms with Gasteiger partial charge in [-0.25, -0.2) is 4.98 Å². The lowest BCUT2D eigenvalue weighted by atomic mass is 10.1. The molecular weight excluding hydrogens is 284 g/mol. The van der Waals surface area contributed by atoms with E-state index in [1.54, 1.807) is 0 Å². The molecule has 1 amide bonds. The number of rotatable bonds is 5. The molecule has 2 aliphatic heterocycles. The third kappa shape index (κ3) is 3.64. The molecule has 7 nitrogen and oxygen atoms in total. The van der Waals surface area contributed by atoms with Crippen molar-refractivity contribution in [2.45, 2.75) is 51.2 Å². The molecule has 0 unspecified atom stereocenters. The molecule has 122 valence electrons. The zero-order valence-electron chi connectivity index (χ0n) is 13.1. The van der Waals surface area contributed by atoms with E-state index >= 15 is 0 Å². The standard InChI is InChI=1S/C15H24N4O3/c1-2-13-16-15(18-17-13)12-10-19(7-9-22-12)14(20)6-5-11-4-3-8-21-11/h11-12H,2-10H2,1H3,(H,16,17,18)/t11-,12-/m1/s1. The van der Waals surface area contributed by atoms with Crippen LogP contribution >= 0.6 is 0 Å². The molecule has 22 heavy (non-hydrogen) atoms. The average Bonchev–Trinajstić information content (AvgIpc) is 3.24. The molecule has 0 saturated carbocycles. The van der Waals surface area contributed by atoms with Crippen LogP contribution in [0.4, 0.5) is 0 Å². The minimum absolute atomic E-state index is 0.176. The highest BCUT2D eigenvalue weighted by Gasteiger charge is 2.28. The van der Waals surface area contributed by atoms with Crippen molar-refractivity contribution in [2.24, 2.45) is 0 Å². The van der Waals surface area contributed by atoms with Gasteiger partial charge in [0.1, 0.15) is 11.9 Å². The Bertz CT molecular complexity index is 499. The molecule has 1 aromatic rings. The summed E-state index contributed by atoms with van der Waals surface area (Å²) in [6.45, 7) is 4.57. The van der Waals surface area contributed by atoms with Gasteiger partial charge < -0.3 is 14.4 Å². The highest BCUT2D eigenvalue weighted by atomic mass is 16.5. The molecule has 2 fully saturated rings. The van der Waals surface area contributed by atoms with Gasteiger partial charge in [-0.15, -0.1) is 0 Å². The number of nitrogens with zero attached hydrogens (tertiary/aromatic N) is 3. The fourth-order valence-corrected chi connectivity index (χ4v) is 2.96. The van der Waals surface area contributed by atoms with Crippen LogP contribution in [0.15, 0.2) is 0 Å². The van der Waals surface area contributed by atoms with Crippen LogP contribution in [-0.2, 0) is 20.7 Å². The number of H-pyrrole nitrogens is 1. The summed E-state index contributed by atoms with van der Waals surface area (Å²) in [6.07, 6.45) is 4.41. The van der Waals surface area contributed by atoms with Crippen LogP contribution in [0.5, 0.6) is 0 Å². The summed E-state index contributed by atoms with van der Waals surface area (Å²) in [5.41, 5.74) is 0. The summed E-state index contributed by atoms with van der Waals surface area (Å²) < 4.78 is 11.3. The Kier molecular flexibility index (Phi) is 5.04. The van der Waals surface area contributed by atoms with Gasteiger partial charge in [0, 0.05) is 26.0 Å². The summed E-state index contributed by atoms with van der Waals surface area (Å²) >= 11 is 0. The Balaban J connectivity index is 1.51. The SMILES string of the molecule is CCc1nc([C@H]2CN(C(=O)CC[C@H]3CCCO3)CCO2)n[nH]1. The number of hydrogen-bond acceptors (Lipinski definition) is 5. The van der Waals surface area contributed by atoms with Crippen molar-refractivity contribution in [3.63, 3.8) is 0 Å². The quantitative estimate of drug-likeness (QED) is 0.885. The molecule has 3 heterocycles. The van der Waals surface area contributed by atoms with E-state index < -0.39 is 0 Å². The predicted octanol–water partition coefficient (Wildman–Crippen LogP) is 1.23. The van der Waals surface area contributed by atoms with Crippen LogP contribution in [0.1, 0.15) is 50.4 Å². The first-order valence-corrected chi connectivity index (χ1v) is 8.18. The molecule has 2 atom stereocenters. The summed E-state index contributed by atoms with van der Waals surface area (Å²) in [5, 5.41) is 7.09. The largest absolute Gasteiger partial charge is 0.378 e. The second-order valence-electron chi connectivity index (χ2n) is 5.87. The average molecular weight is 308 g/mol. The highest BCUT2D eigenvalue weighted by molar-refractivity contribution is 5.76. The number of aromatic amines is 1. The van der Waals surface area contributed by atoms with E-state index in [9.17, 15) is 4.79 Å². The van der Waals surface area contributed by atoms with Gasteiger partial charge >= 0.3 is 0 Å². The van der Waals surface area contributed by atoms with Crippen molar-refractivity contribution in [2.75, 3.05) is 26.3 Å². The Hall–Kier alpha value is -1.47. The van der Waals surface area contributed by atoms with Crippen molar-refractivity contribution in [1.82, 2.24) is 20.1 Å². The van der Waals surface area contributed by atoms with Crippen LogP contribution < -0.4 is 0 Å². The molecule has 2 saturated heterocycles. The number of carbonyl (C=O) groups excluding carboxylic acids is 1. The molecule has 7 heteroatoms. The lowest BCUT2D eigenvalue weighted by molar-refractivity contribution is -0.139. The smallest absolute Gasteiger partial charge is 0.222 e. The Labute approximate surface area is 130 Å².